The van der Waals surface area contributed by atoms with Crippen LogP contribution in [0.4, 0.5) is 5.00 Å². The Morgan fingerprint density at radius 3 is 2.67 bits per heavy atom. The summed E-state index contributed by atoms with van der Waals surface area (Å²) >= 11 is 1.81. The highest BCUT2D eigenvalue weighted by Crippen LogP contribution is 2.24. The van der Waals surface area contributed by atoms with Gasteiger partial charge in [-0.05, 0) is 17.5 Å². The summed E-state index contributed by atoms with van der Waals surface area (Å²) in [4.78, 5) is 9.27. The highest BCUT2D eigenvalue weighted by molar-refractivity contribution is 7.14. The topological polar surface area (TPSA) is 49.3 Å². The van der Waals surface area contributed by atoms with Crippen LogP contribution in [-0.2, 0) is 9.47 Å². The molecule has 0 aromatic carbocycles. The molecular formula is C17H28N4O2S. The third-order valence-corrected chi connectivity index (χ3v) is 5.94. The minimum Gasteiger partial charge on any atom is -0.381 e. The lowest BCUT2D eigenvalue weighted by molar-refractivity contribution is -0.0857. The summed E-state index contributed by atoms with van der Waals surface area (Å²) in [7, 11) is 3.66. The van der Waals surface area contributed by atoms with Crippen LogP contribution in [0.1, 0.15) is 12.8 Å². The van der Waals surface area contributed by atoms with E-state index in [4.69, 9.17) is 9.47 Å². The minimum atomic E-state index is -0.132. The van der Waals surface area contributed by atoms with E-state index >= 15 is 0 Å². The molecule has 2 fully saturated rings. The highest BCUT2D eigenvalue weighted by Gasteiger charge is 2.33. The second-order valence-corrected chi connectivity index (χ2v) is 7.25. The number of aliphatic imine (C=N–C) groups is 1. The van der Waals surface area contributed by atoms with E-state index in [0.717, 1.165) is 64.7 Å². The highest BCUT2D eigenvalue weighted by atomic mass is 32.1. The van der Waals surface area contributed by atoms with E-state index in [0.29, 0.717) is 0 Å². The van der Waals surface area contributed by atoms with Gasteiger partial charge in [-0.3, -0.25) is 4.99 Å². The van der Waals surface area contributed by atoms with E-state index in [1.165, 1.54) is 5.00 Å². The Bertz CT molecular complexity index is 521. The number of hydrogen-bond donors (Lipinski definition) is 1. The van der Waals surface area contributed by atoms with Gasteiger partial charge in [0.25, 0.3) is 0 Å². The molecule has 3 heterocycles. The quantitative estimate of drug-likeness (QED) is 0.659. The number of methoxy groups -OCH3 is 1. The maximum absolute atomic E-state index is 5.80. The monoisotopic (exact) mass is 352 g/mol. The Morgan fingerprint density at radius 1 is 1.33 bits per heavy atom. The van der Waals surface area contributed by atoms with Crippen LogP contribution in [0.2, 0.25) is 0 Å². The van der Waals surface area contributed by atoms with Gasteiger partial charge in [0.2, 0.25) is 0 Å². The molecule has 1 aromatic rings. The largest absolute Gasteiger partial charge is 0.381 e. The molecule has 2 saturated heterocycles. The van der Waals surface area contributed by atoms with Crippen LogP contribution in [0, 0.1) is 0 Å². The summed E-state index contributed by atoms with van der Waals surface area (Å²) < 4.78 is 11.3. The minimum absolute atomic E-state index is 0.132. The smallest absolute Gasteiger partial charge is 0.193 e. The lowest BCUT2D eigenvalue weighted by Gasteiger charge is -2.39. The van der Waals surface area contributed by atoms with Crippen molar-refractivity contribution >= 4 is 22.3 Å². The first-order chi connectivity index (χ1) is 11.8. The zero-order chi connectivity index (χ0) is 16.8. The number of nitrogens with zero attached hydrogens (tertiary/aromatic N) is 3. The first-order valence-electron chi connectivity index (χ1n) is 8.63. The van der Waals surface area contributed by atoms with E-state index in [2.05, 4.69) is 37.6 Å². The van der Waals surface area contributed by atoms with Crippen LogP contribution in [0.15, 0.2) is 22.5 Å². The SMILES string of the molecule is CN=C(NCC1(OC)CCOCC1)N1CCN(c2cccs2)CC1. The Balaban J connectivity index is 1.52. The molecule has 6 nitrogen and oxygen atoms in total. The van der Waals surface area contributed by atoms with Crippen molar-refractivity contribution in [3.05, 3.63) is 17.5 Å². The summed E-state index contributed by atoms with van der Waals surface area (Å²) in [5.41, 5.74) is -0.132. The molecular weight excluding hydrogens is 324 g/mol. The summed E-state index contributed by atoms with van der Waals surface area (Å²) in [5, 5.41) is 7.03. The summed E-state index contributed by atoms with van der Waals surface area (Å²) in [6, 6.07) is 4.31. The number of guanidine groups is 1. The predicted octanol–water partition coefficient (Wildman–Crippen LogP) is 1.64. The van der Waals surface area contributed by atoms with Gasteiger partial charge in [0.05, 0.1) is 10.6 Å². The lowest BCUT2D eigenvalue weighted by atomic mass is 9.94. The molecule has 0 unspecified atom stereocenters. The zero-order valence-electron chi connectivity index (χ0n) is 14.7. The molecule has 2 aliphatic rings. The number of thiophene rings is 1. The van der Waals surface area contributed by atoms with Crippen molar-refractivity contribution in [3.8, 4) is 0 Å². The van der Waals surface area contributed by atoms with Crippen LogP contribution in [0.5, 0.6) is 0 Å². The molecule has 0 spiro atoms. The van der Waals surface area contributed by atoms with Gasteiger partial charge in [0, 0.05) is 72.9 Å². The average molecular weight is 353 g/mol. The van der Waals surface area contributed by atoms with Crippen molar-refractivity contribution in [1.29, 1.82) is 0 Å². The molecule has 0 aliphatic carbocycles. The molecule has 0 radical (unpaired) electrons. The Kier molecular flexibility index (Phi) is 5.97. The number of ether oxygens (including phenoxy) is 2. The molecule has 2 aliphatic heterocycles. The van der Waals surface area contributed by atoms with Crippen molar-refractivity contribution in [2.45, 2.75) is 18.4 Å². The Morgan fingerprint density at radius 2 is 2.08 bits per heavy atom. The maximum Gasteiger partial charge on any atom is 0.193 e. The maximum atomic E-state index is 5.80. The molecule has 0 saturated carbocycles. The number of rotatable bonds is 4. The predicted molar refractivity (Wildman–Crippen MR) is 99.3 cm³/mol. The van der Waals surface area contributed by atoms with Crippen molar-refractivity contribution in [3.63, 3.8) is 0 Å². The molecule has 7 heteroatoms. The summed E-state index contributed by atoms with van der Waals surface area (Å²) in [6.45, 7) is 6.36. The molecule has 3 rings (SSSR count). The van der Waals surface area contributed by atoms with Crippen LogP contribution in [0.3, 0.4) is 0 Å². The number of anilines is 1. The molecule has 1 N–H and O–H groups in total. The van der Waals surface area contributed by atoms with E-state index in [-0.39, 0.29) is 5.60 Å². The second kappa shape index (κ2) is 8.18. The fourth-order valence-electron chi connectivity index (χ4n) is 3.36. The van der Waals surface area contributed by atoms with Gasteiger partial charge in [-0.1, -0.05) is 0 Å². The second-order valence-electron chi connectivity index (χ2n) is 6.33. The lowest BCUT2D eigenvalue weighted by Crippen LogP contribution is -2.55. The summed E-state index contributed by atoms with van der Waals surface area (Å²) in [5.74, 6) is 0.976. The fraction of sp³-hybridized carbons (Fsp3) is 0.706. The van der Waals surface area contributed by atoms with Crippen molar-refractivity contribution < 1.29 is 9.47 Å². The molecule has 0 atom stereocenters. The molecule has 24 heavy (non-hydrogen) atoms. The van der Waals surface area contributed by atoms with Crippen molar-refractivity contribution in [2.75, 3.05) is 65.0 Å². The fourth-order valence-corrected chi connectivity index (χ4v) is 4.14. The van der Waals surface area contributed by atoms with Crippen LogP contribution >= 0.6 is 11.3 Å². The van der Waals surface area contributed by atoms with Crippen molar-refractivity contribution in [2.24, 2.45) is 4.99 Å². The Hall–Kier alpha value is -1.31. The van der Waals surface area contributed by atoms with Gasteiger partial charge >= 0.3 is 0 Å². The van der Waals surface area contributed by atoms with Crippen LogP contribution in [0.25, 0.3) is 0 Å². The first kappa shape index (κ1) is 17.5. The van der Waals surface area contributed by atoms with Gasteiger partial charge < -0.3 is 24.6 Å². The third kappa shape index (κ3) is 4.02. The van der Waals surface area contributed by atoms with Gasteiger partial charge in [0.15, 0.2) is 5.96 Å². The Labute approximate surface area is 148 Å². The molecule has 0 amide bonds. The van der Waals surface area contributed by atoms with Crippen molar-refractivity contribution in [1.82, 2.24) is 10.2 Å². The molecule has 134 valence electrons. The normalized spacial score (nSPS) is 21.8. The van der Waals surface area contributed by atoms with Gasteiger partial charge in [0.1, 0.15) is 0 Å². The van der Waals surface area contributed by atoms with Gasteiger partial charge in [-0.15, -0.1) is 11.3 Å². The van der Waals surface area contributed by atoms with Crippen LogP contribution < -0.4 is 10.2 Å². The van der Waals surface area contributed by atoms with Gasteiger partial charge in [-0.25, -0.2) is 0 Å². The molecule has 1 aromatic heterocycles. The summed E-state index contributed by atoms with van der Waals surface area (Å²) in [6.07, 6.45) is 1.86. The van der Waals surface area contributed by atoms with Gasteiger partial charge in [-0.2, -0.15) is 0 Å². The van der Waals surface area contributed by atoms with E-state index in [1.54, 1.807) is 7.11 Å². The molecule has 0 bridgehead atoms. The standard InChI is InChI=1S/C17H28N4O2S/c1-18-16(19-14-17(22-2)5-11-23-12-6-17)21-9-7-20(8-10-21)15-4-3-13-24-15/h3-4,13H,5-12,14H2,1-2H3,(H,18,19). The van der Waals surface area contributed by atoms with E-state index < -0.39 is 0 Å². The number of nitrogens with one attached hydrogen (secondary N) is 1. The average Bonchev–Trinajstić information content (AvgIpc) is 3.18. The third-order valence-electron chi connectivity index (χ3n) is 5.01. The zero-order valence-corrected chi connectivity index (χ0v) is 15.5. The van der Waals surface area contributed by atoms with E-state index in [1.807, 2.05) is 18.4 Å². The number of hydrogen-bond acceptors (Lipinski definition) is 5. The number of piperazine rings is 1. The first-order valence-corrected chi connectivity index (χ1v) is 9.51. The van der Waals surface area contributed by atoms with Crippen LogP contribution in [-0.4, -0.2) is 76.6 Å². The van der Waals surface area contributed by atoms with E-state index in [9.17, 15) is 0 Å².